The number of benzene rings is 3. The Morgan fingerprint density at radius 1 is 0.758 bits per heavy atom. The number of rotatable bonds is 12. The van der Waals surface area contributed by atoms with Crippen LogP contribution in [0.1, 0.15) is 68.8 Å². The van der Waals surface area contributed by atoms with Gasteiger partial charge in [-0.2, -0.15) is 0 Å². The van der Waals surface area contributed by atoms with Gasteiger partial charge in [-0.1, -0.05) is 72.8 Å². The number of likely N-dealkylation sites (tertiary alicyclic amines) is 2. The van der Waals surface area contributed by atoms with Gasteiger partial charge in [0, 0.05) is 63.4 Å². The van der Waals surface area contributed by atoms with E-state index in [0.717, 1.165) is 74.0 Å². The smallest absolute Gasteiger partial charge is 0.407 e. The highest BCUT2D eigenvalue weighted by atomic mass is 16.5. The number of hydrogen-bond acceptors (Lipinski definition) is 10. The number of ether oxygens (including phenoxy) is 4. The highest BCUT2D eigenvalue weighted by Gasteiger charge is 2.43. The molecule has 1 aromatic heterocycles. The first kappa shape index (κ1) is 44.8. The maximum Gasteiger partial charge on any atom is 0.407 e. The van der Waals surface area contributed by atoms with Crippen LogP contribution in [0, 0.1) is 17.8 Å². The van der Waals surface area contributed by atoms with Crippen LogP contribution >= 0.6 is 0 Å². The predicted molar refractivity (Wildman–Crippen MR) is 251 cm³/mol. The molecule has 9 rings (SSSR count). The molecule has 3 aromatic carbocycles. The molecule has 2 N–H and O–H groups in total. The zero-order valence-electron chi connectivity index (χ0n) is 37.8. The minimum Gasteiger partial charge on any atom is -0.469 e. The van der Waals surface area contributed by atoms with Gasteiger partial charge in [-0.25, -0.2) is 9.78 Å². The van der Waals surface area contributed by atoms with Crippen molar-refractivity contribution < 1.29 is 38.1 Å². The summed E-state index contributed by atoms with van der Waals surface area (Å²) in [5, 5.41) is 4.98. The molecule has 14 heteroatoms. The summed E-state index contributed by atoms with van der Waals surface area (Å²) in [6, 6.07) is 20.0. The maximum absolute atomic E-state index is 14.2. The minimum absolute atomic E-state index is 0.0289. The number of alkyl carbamates (subject to hydrolysis) is 1. The highest BCUT2D eigenvalue weighted by Crippen LogP contribution is 2.38. The van der Waals surface area contributed by atoms with E-state index < -0.39 is 18.1 Å². The first-order chi connectivity index (χ1) is 32.1. The van der Waals surface area contributed by atoms with Gasteiger partial charge < -0.3 is 39.0 Å². The van der Waals surface area contributed by atoms with Gasteiger partial charge in [0.1, 0.15) is 11.9 Å². The highest BCUT2D eigenvalue weighted by molar-refractivity contribution is 6.04. The molecule has 0 spiro atoms. The summed E-state index contributed by atoms with van der Waals surface area (Å²) < 4.78 is 21.0. The normalized spacial score (nSPS) is 21.4. The van der Waals surface area contributed by atoms with Crippen LogP contribution in [0.3, 0.4) is 0 Å². The number of fused-ring (bicyclic) bond motifs is 1. The van der Waals surface area contributed by atoms with Gasteiger partial charge in [0.15, 0.2) is 0 Å². The van der Waals surface area contributed by atoms with Crippen LogP contribution < -0.4 is 5.32 Å². The Balaban J connectivity index is 0.853. The molecule has 5 aliphatic heterocycles. The van der Waals surface area contributed by atoms with E-state index in [-0.39, 0.29) is 48.1 Å². The number of carbonyl (C=O) groups is 4. The predicted octanol–water partition coefficient (Wildman–Crippen LogP) is 7.83. The van der Waals surface area contributed by atoms with Crippen LogP contribution in [-0.2, 0) is 33.3 Å². The Morgan fingerprint density at radius 3 is 2.02 bits per heavy atom. The third-order valence-corrected chi connectivity index (χ3v) is 14.1. The van der Waals surface area contributed by atoms with Gasteiger partial charge in [-0.3, -0.25) is 19.4 Å². The number of allylic oxidation sites excluding steroid dienone is 1. The molecular weight excluding hydrogens is 837 g/mol. The van der Waals surface area contributed by atoms with Crippen LogP contribution in [0.15, 0.2) is 102 Å². The molecule has 0 aliphatic carbocycles. The van der Waals surface area contributed by atoms with Gasteiger partial charge in [-0.05, 0) is 95.5 Å². The number of carbonyl (C=O) groups excluding carboxylic acids is 4. The summed E-state index contributed by atoms with van der Waals surface area (Å²) in [6.45, 7) is 11.6. The fourth-order valence-electron chi connectivity index (χ4n) is 10.4. The van der Waals surface area contributed by atoms with E-state index in [1.165, 1.54) is 14.2 Å². The van der Waals surface area contributed by atoms with Crippen LogP contribution in [0.5, 0.6) is 0 Å². The van der Waals surface area contributed by atoms with Crippen molar-refractivity contribution in [1.29, 1.82) is 0 Å². The second-order valence-electron chi connectivity index (χ2n) is 18.3. The van der Waals surface area contributed by atoms with E-state index in [9.17, 15) is 19.2 Å². The summed E-state index contributed by atoms with van der Waals surface area (Å²) in [5.41, 5.74) is 9.03. The standard InChI is InChI=1S/C52H58N6O8/c1-31-21-45(57(29-31)50(60)42(26-47(59)63-3)35-13-17-65-18-14-35)43-25-41(27-53-43)34-7-5-33(6-8-34)37-9-10-39-24-40(12-11-38(39)23-37)44-28-54-49(55-44)46-22-32(2)30-58(46)51(61)48(56-52(62)64-4)36-15-19-66-20-16-36/h5-12,23-24,27-28,35-36,42,45-46,48H,1-2,13-22,25-26,29-30H2,3-4H3,(H,54,55)(H,56,62)/t42-,45-,46-,48-/m0/s1. The largest absolute Gasteiger partial charge is 0.469 e. The van der Waals surface area contributed by atoms with Gasteiger partial charge in [0.2, 0.25) is 11.8 Å². The number of esters is 1. The lowest BCUT2D eigenvalue weighted by Gasteiger charge is -2.34. The Kier molecular flexibility index (Phi) is 13.3. The quantitative estimate of drug-likeness (QED) is 0.107. The Labute approximate surface area is 385 Å². The monoisotopic (exact) mass is 894 g/mol. The van der Waals surface area contributed by atoms with Gasteiger partial charge in [-0.15, -0.1) is 0 Å². The molecule has 6 heterocycles. The van der Waals surface area contributed by atoms with Crippen molar-refractivity contribution in [1.82, 2.24) is 25.1 Å². The number of hydrogen-bond donors (Lipinski definition) is 2. The average molecular weight is 895 g/mol. The van der Waals surface area contributed by atoms with Crippen LogP contribution in [0.2, 0.25) is 0 Å². The average Bonchev–Trinajstić information content (AvgIpc) is 4.19. The fraction of sp³-hybridized carbons (Fsp3) is 0.423. The summed E-state index contributed by atoms with van der Waals surface area (Å²) in [7, 11) is 2.67. The molecule has 5 aliphatic rings. The molecule has 4 saturated heterocycles. The Morgan fingerprint density at radius 2 is 1.35 bits per heavy atom. The van der Waals surface area contributed by atoms with Gasteiger partial charge >= 0.3 is 12.1 Å². The number of aliphatic imine (C=N–C) groups is 1. The van der Waals surface area contributed by atoms with Crippen molar-refractivity contribution >= 4 is 45.9 Å². The van der Waals surface area contributed by atoms with Crippen LogP contribution in [0.4, 0.5) is 4.79 Å². The number of amides is 3. The molecule has 344 valence electrons. The van der Waals surface area contributed by atoms with Crippen LogP contribution in [0.25, 0.3) is 38.7 Å². The van der Waals surface area contributed by atoms with Crippen molar-refractivity contribution in [2.75, 3.05) is 53.7 Å². The van der Waals surface area contributed by atoms with E-state index in [0.29, 0.717) is 77.4 Å². The molecule has 0 radical (unpaired) electrons. The lowest BCUT2D eigenvalue weighted by molar-refractivity contribution is -0.149. The Bertz CT molecular complexity index is 2590. The molecule has 0 bridgehead atoms. The minimum atomic E-state index is -0.738. The van der Waals surface area contributed by atoms with E-state index in [2.05, 4.69) is 84.1 Å². The van der Waals surface area contributed by atoms with Crippen molar-refractivity contribution in [3.05, 3.63) is 109 Å². The summed E-state index contributed by atoms with van der Waals surface area (Å²) >= 11 is 0. The number of aromatic nitrogens is 2. The molecule has 3 amide bonds. The second-order valence-corrected chi connectivity index (χ2v) is 18.3. The number of H-pyrrole nitrogens is 1. The summed E-state index contributed by atoms with van der Waals surface area (Å²) in [6.07, 6.45) is 7.83. The SMILES string of the molecule is C=C1C[C@@H](C2=NC=C(c3ccc(-c4ccc5cc(-c6cnc([C@@H]7CC(=C)CN7C(=O)[C@@H](NC(=O)OC)C7CCOCC7)[nH]6)ccc5c4)cc3)C2)N(C(=O)[C@@H](CC(=O)OC)C2CCOCC2)C1. The van der Waals surface area contributed by atoms with E-state index in [1.54, 1.807) is 4.90 Å². The zero-order valence-corrected chi connectivity index (χ0v) is 37.8. The third-order valence-electron chi connectivity index (χ3n) is 14.1. The molecular formula is C52H58N6O8. The summed E-state index contributed by atoms with van der Waals surface area (Å²) in [5.74, 6) is -0.374. The molecule has 0 unspecified atom stereocenters. The van der Waals surface area contributed by atoms with Gasteiger partial charge in [0.05, 0.1) is 50.5 Å². The number of aromatic amines is 1. The van der Waals surface area contributed by atoms with Crippen molar-refractivity contribution in [2.45, 2.75) is 69.5 Å². The first-order valence-electron chi connectivity index (χ1n) is 23.0. The van der Waals surface area contributed by atoms with E-state index >= 15 is 0 Å². The molecule has 4 fully saturated rings. The zero-order chi connectivity index (χ0) is 45.9. The number of imidazole rings is 1. The number of nitrogens with one attached hydrogen (secondary N) is 2. The molecule has 14 nitrogen and oxygen atoms in total. The van der Waals surface area contributed by atoms with Crippen molar-refractivity contribution in [2.24, 2.45) is 22.7 Å². The second kappa shape index (κ2) is 19.6. The lowest BCUT2D eigenvalue weighted by atomic mass is 9.82. The summed E-state index contributed by atoms with van der Waals surface area (Å²) in [4.78, 5) is 69.9. The van der Waals surface area contributed by atoms with Crippen LogP contribution in [-0.4, -0.2) is 115 Å². The topological polar surface area (TPSA) is 165 Å². The molecule has 4 atom stereocenters. The molecule has 0 saturated carbocycles. The molecule has 4 aromatic rings. The molecule has 66 heavy (non-hydrogen) atoms. The first-order valence-corrected chi connectivity index (χ1v) is 23.0. The maximum atomic E-state index is 14.2. The number of nitrogens with zero attached hydrogens (tertiary/aromatic N) is 4. The van der Waals surface area contributed by atoms with E-state index in [1.807, 2.05) is 17.3 Å². The fourth-order valence-corrected chi connectivity index (χ4v) is 10.4. The Hall–Kier alpha value is -6.38. The third kappa shape index (κ3) is 9.48. The van der Waals surface area contributed by atoms with Crippen molar-refractivity contribution in [3.8, 4) is 22.4 Å². The van der Waals surface area contributed by atoms with Gasteiger partial charge in [0.25, 0.3) is 0 Å². The van der Waals surface area contributed by atoms with E-state index in [4.69, 9.17) is 28.9 Å². The van der Waals surface area contributed by atoms with Crippen molar-refractivity contribution in [3.63, 3.8) is 0 Å². The number of methoxy groups -OCH3 is 2. The lowest BCUT2D eigenvalue weighted by Crippen LogP contribution is -2.53.